The van der Waals surface area contributed by atoms with Crippen molar-refractivity contribution in [3.8, 4) is 11.5 Å². The zero-order chi connectivity index (χ0) is 22.9. The van der Waals surface area contributed by atoms with Crippen molar-refractivity contribution in [2.24, 2.45) is 0 Å². The Morgan fingerprint density at radius 3 is 2.50 bits per heavy atom. The number of carbonyl (C=O) groups excluding carboxylic acids is 1. The highest BCUT2D eigenvalue weighted by atomic mass is 19.4. The molecule has 166 valence electrons. The topological polar surface area (TPSA) is 84.2 Å². The Morgan fingerprint density at radius 1 is 1.19 bits per heavy atom. The number of nitrogens with zero attached hydrogens (tertiary/aromatic N) is 4. The molecule has 32 heavy (non-hydrogen) atoms. The van der Waals surface area contributed by atoms with Gasteiger partial charge in [-0.15, -0.1) is 0 Å². The molecule has 1 aliphatic heterocycles. The van der Waals surface area contributed by atoms with Crippen LogP contribution in [0.2, 0.25) is 0 Å². The van der Waals surface area contributed by atoms with Gasteiger partial charge in [0.1, 0.15) is 0 Å². The summed E-state index contributed by atoms with van der Waals surface area (Å²) in [6.45, 7) is 4.52. The minimum atomic E-state index is -4.41. The Morgan fingerprint density at radius 2 is 1.94 bits per heavy atom. The summed E-state index contributed by atoms with van der Waals surface area (Å²) in [6, 6.07) is 5.93. The van der Waals surface area contributed by atoms with Crippen molar-refractivity contribution >= 4 is 17.3 Å². The van der Waals surface area contributed by atoms with E-state index in [1.807, 2.05) is 19.1 Å². The standard InChI is InChI=1S/C22H20F3N5O2/c1-13-11-16(20-27-14(2)29-32-20)12-26-19(13)15-7-9-30(10-8-15)21(31)28-18-5-3-17(4-6-18)22(23,24)25/h3-7,11-12H,8-10H2,1-2H3,(H,28,31). The number of pyridine rings is 1. The van der Waals surface area contributed by atoms with Crippen molar-refractivity contribution in [3.63, 3.8) is 0 Å². The number of alkyl halides is 3. The zero-order valence-corrected chi connectivity index (χ0v) is 17.4. The number of nitrogens with one attached hydrogen (secondary N) is 1. The van der Waals surface area contributed by atoms with Gasteiger partial charge in [0.15, 0.2) is 5.82 Å². The van der Waals surface area contributed by atoms with Gasteiger partial charge in [-0.2, -0.15) is 18.2 Å². The van der Waals surface area contributed by atoms with Crippen molar-refractivity contribution < 1.29 is 22.5 Å². The van der Waals surface area contributed by atoms with Crippen LogP contribution in [-0.4, -0.2) is 39.1 Å². The van der Waals surface area contributed by atoms with E-state index < -0.39 is 11.7 Å². The third-order valence-electron chi connectivity index (χ3n) is 5.12. The molecule has 7 nitrogen and oxygen atoms in total. The van der Waals surface area contributed by atoms with Gasteiger partial charge in [0, 0.05) is 25.0 Å². The van der Waals surface area contributed by atoms with E-state index >= 15 is 0 Å². The Balaban J connectivity index is 1.40. The van der Waals surface area contributed by atoms with E-state index in [0.717, 1.165) is 34.5 Å². The van der Waals surface area contributed by atoms with Crippen LogP contribution < -0.4 is 5.32 Å². The van der Waals surface area contributed by atoms with Gasteiger partial charge in [-0.1, -0.05) is 11.2 Å². The van der Waals surface area contributed by atoms with E-state index in [1.54, 1.807) is 18.0 Å². The van der Waals surface area contributed by atoms with Crippen LogP contribution in [0.15, 0.2) is 47.1 Å². The molecule has 1 aliphatic rings. The SMILES string of the molecule is Cc1noc(-c2cnc(C3=CCN(C(=O)Nc4ccc(C(F)(F)F)cc4)CC3)c(C)c2)n1. The van der Waals surface area contributed by atoms with Crippen molar-refractivity contribution in [2.75, 3.05) is 18.4 Å². The molecule has 0 spiro atoms. The summed E-state index contributed by atoms with van der Waals surface area (Å²) < 4.78 is 43.2. The maximum atomic E-state index is 12.7. The fourth-order valence-corrected chi connectivity index (χ4v) is 3.46. The number of hydrogen-bond acceptors (Lipinski definition) is 5. The minimum Gasteiger partial charge on any atom is -0.334 e. The van der Waals surface area contributed by atoms with Crippen LogP contribution in [0.1, 0.15) is 29.1 Å². The van der Waals surface area contributed by atoms with Crippen LogP contribution in [0, 0.1) is 13.8 Å². The summed E-state index contributed by atoms with van der Waals surface area (Å²) in [7, 11) is 0. The number of anilines is 1. The molecule has 1 aromatic carbocycles. The van der Waals surface area contributed by atoms with Gasteiger partial charge < -0.3 is 14.7 Å². The second-order valence-corrected chi connectivity index (χ2v) is 7.47. The largest absolute Gasteiger partial charge is 0.416 e. The average molecular weight is 443 g/mol. The molecule has 0 atom stereocenters. The van der Waals surface area contributed by atoms with Crippen LogP contribution in [0.3, 0.4) is 0 Å². The lowest BCUT2D eigenvalue weighted by Gasteiger charge is -2.27. The number of amides is 2. The second-order valence-electron chi connectivity index (χ2n) is 7.47. The number of urea groups is 1. The molecule has 2 amide bonds. The Labute approximate surface area is 182 Å². The Hall–Kier alpha value is -3.69. The minimum absolute atomic E-state index is 0.308. The second kappa shape index (κ2) is 8.45. The van der Waals surface area contributed by atoms with Crippen LogP contribution in [0.4, 0.5) is 23.7 Å². The molecule has 4 rings (SSSR count). The maximum absolute atomic E-state index is 12.7. The van der Waals surface area contributed by atoms with Crippen LogP contribution in [-0.2, 0) is 6.18 Å². The summed E-state index contributed by atoms with van der Waals surface area (Å²) in [4.78, 5) is 22.8. The quantitative estimate of drug-likeness (QED) is 0.610. The summed E-state index contributed by atoms with van der Waals surface area (Å²) in [5.41, 5.74) is 3.10. The lowest BCUT2D eigenvalue weighted by Crippen LogP contribution is -2.38. The van der Waals surface area contributed by atoms with E-state index in [4.69, 9.17) is 4.52 Å². The predicted molar refractivity (Wildman–Crippen MR) is 112 cm³/mol. The third kappa shape index (κ3) is 4.63. The molecule has 0 unspecified atom stereocenters. The summed E-state index contributed by atoms with van der Waals surface area (Å²) in [5.74, 6) is 0.958. The molecular formula is C22H20F3N5O2. The highest BCUT2D eigenvalue weighted by Crippen LogP contribution is 2.30. The van der Waals surface area contributed by atoms with Gasteiger partial charge in [0.05, 0.1) is 16.8 Å². The van der Waals surface area contributed by atoms with Crippen molar-refractivity contribution in [1.82, 2.24) is 20.0 Å². The van der Waals surface area contributed by atoms with Gasteiger partial charge in [-0.3, -0.25) is 4.98 Å². The fourth-order valence-electron chi connectivity index (χ4n) is 3.46. The molecule has 0 aliphatic carbocycles. The van der Waals surface area contributed by atoms with E-state index in [1.165, 1.54) is 12.1 Å². The first kappa shape index (κ1) is 21.5. The molecule has 0 saturated heterocycles. The smallest absolute Gasteiger partial charge is 0.334 e. The molecule has 3 aromatic rings. The number of hydrogen-bond donors (Lipinski definition) is 1. The molecule has 0 fully saturated rings. The first-order valence-electron chi connectivity index (χ1n) is 9.90. The lowest BCUT2D eigenvalue weighted by atomic mass is 10.00. The molecule has 10 heteroatoms. The van der Waals surface area contributed by atoms with Crippen molar-refractivity contribution in [1.29, 1.82) is 0 Å². The third-order valence-corrected chi connectivity index (χ3v) is 5.12. The number of aryl methyl sites for hydroxylation is 2. The summed E-state index contributed by atoms with van der Waals surface area (Å²) in [5, 5.41) is 6.42. The number of rotatable bonds is 3. The van der Waals surface area contributed by atoms with E-state index in [0.29, 0.717) is 36.9 Å². The van der Waals surface area contributed by atoms with Crippen LogP contribution in [0.5, 0.6) is 0 Å². The first-order chi connectivity index (χ1) is 15.2. The molecule has 3 heterocycles. The van der Waals surface area contributed by atoms with Crippen molar-refractivity contribution in [2.45, 2.75) is 26.4 Å². The van der Waals surface area contributed by atoms with Gasteiger partial charge in [-0.25, -0.2) is 4.79 Å². The maximum Gasteiger partial charge on any atom is 0.416 e. The summed E-state index contributed by atoms with van der Waals surface area (Å²) >= 11 is 0. The Kier molecular flexibility index (Phi) is 5.68. The van der Waals surface area contributed by atoms with Gasteiger partial charge in [0.2, 0.25) is 0 Å². The van der Waals surface area contributed by atoms with Gasteiger partial charge in [0.25, 0.3) is 5.89 Å². The van der Waals surface area contributed by atoms with Gasteiger partial charge >= 0.3 is 12.2 Å². The average Bonchev–Trinajstić information content (AvgIpc) is 3.20. The molecular weight excluding hydrogens is 423 g/mol. The summed E-state index contributed by atoms with van der Waals surface area (Å²) in [6.07, 6.45) is -0.194. The lowest BCUT2D eigenvalue weighted by molar-refractivity contribution is -0.137. The predicted octanol–water partition coefficient (Wildman–Crippen LogP) is 5.09. The van der Waals surface area contributed by atoms with Gasteiger partial charge in [-0.05, 0) is 61.7 Å². The first-order valence-corrected chi connectivity index (χ1v) is 9.90. The molecule has 2 aromatic heterocycles. The molecule has 0 radical (unpaired) electrons. The molecule has 0 bridgehead atoms. The van der Waals surface area contributed by atoms with Crippen LogP contribution >= 0.6 is 0 Å². The fraction of sp³-hybridized carbons (Fsp3) is 0.273. The van der Waals surface area contributed by atoms with E-state index in [2.05, 4.69) is 20.4 Å². The van der Waals surface area contributed by atoms with Crippen LogP contribution in [0.25, 0.3) is 17.0 Å². The zero-order valence-electron chi connectivity index (χ0n) is 17.4. The monoisotopic (exact) mass is 443 g/mol. The normalized spacial score (nSPS) is 14.3. The number of halogens is 3. The van der Waals surface area contributed by atoms with E-state index in [9.17, 15) is 18.0 Å². The molecule has 0 saturated carbocycles. The van der Waals surface area contributed by atoms with Crippen molar-refractivity contribution in [3.05, 3.63) is 65.2 Å². The van der Waals surface area contributed by atoms with E-state index in [-0.39, 0.29) is 6.03 Å². The number of aromatic nitrogens is 3. The molecule has 1 N–H and O–H groups in total. The number of carbonyl (C=O) groups is 1. The number of benzene rings is 1. The highest BCUT2D eigenvalue weighted by molar-refractivity contribution is 5.90. The Bertz CT molecular complexity index is 1170. The highest BCUT2D eigenvalue weighted by Gasteiger charge is 2.30.